The van der Waals surface area contributed by atoms with Crippen LogP contribution in [0.2, 0.25) is 0 Å². The minimum absolute atomic E-state index is 0.157. The molecule has 0 aliphatic heterocycles. The molecule has 1 heterocycles. The van der Waals surface area contributed by atoms with Crippen LogP contribution in [0.25, 0.3) is 0 Å². The smallest absolute Gasteiger partial charge is 0.255 e. The first-order valence-electron chi connectivity index (χ1n) is 5.25. The molecule has 0 saturated heterocycles. The first kappa shape index (κ1) is 11.1. The second-order valence-corrected chi connectivity index (χ2v) is 3.76. The van der Waals surface area contributed by atoms with Crippen LogP contribution in [-0.2, 0) is 0 Å². The monoisotopic (exact) mass is 227 g/mol. The second kappa shape index (κ2) is 4.65. The van der Waals surface area contributed by atoms with Crippen molar-refractivity contribution in [3.05, 3.63) is 53.9 Å². The third-order valence-corrected chi connectivity index (χ3v) is 2.33. The molecule has 0 fully saturated rings. The van der Waals surface area contributed by atoms with Gasteiger partial charge in [0.15, 0.2) is 0 Å². The first-order chi connectivity index (χ1) is 8.15. The Kier molecular flexibility index (Phi) is 3.05. The lowest BCUT2D eigenvalue weighted by Crippen LogP contribution is -2.12. The summed E-state index contributed by atoms with van der Waals surface area (Å²) in [4.78, 5) is 15.9. The molecule has 3 N–H and O–H groups in total. The van der Waals surface area contributed by atoms with Crippen LogP contribution in [0.3, 0.4) is 0 Å². The van der Waals surface area contributed by atoms with Gasteiger partial charge in [-0.1, -0.05) is 0 Å². The molecule has 4 heteroatoms. The zero-order valence-electron chi connectivity index (χ0n) is 9.47. The quantitative estimate of drug-likeness (QED) is 0.773. The van der Waals surface area contributed by atoms with Crippen LogP contribution >= 0.6 is 0 Å². The summed E-state index contributed by atoms with van der Waals surface area (Å²) in [6.45, 7) is 1.87. The third-order valence-electron chi connectivity index (χ3n) is 2.33. The Morgan fingerprint density at radius 3 is 2.59 bits per heavy atom. The van der Waals surface area contributed by atoms with Gasteiger partial charge in [0.1, 0.15) is 0 Å². The first-order valence-corrected chi connectivity index (χ1v) is 5.25. The highest BCUT2D eigenvalue weighted by Gasteiger charge is 2.05. The summed E-state index contributed by atoms with van der Waals surface area (Å²) in [6, 6.07) is 10.4. The Morgan fingerprint density at radius 1 is 1.24 bits per heavy atom. The predicted octanol–water partition coefficient (Wildman–Crippen LogP) is 2.22. The minimum Gasteiger partial charge on any atom is -0.399 e. The number of pyridine rings is 1. The molecule has 0 saturated carbocycles. The zero-order valence-corrected chi connectivity index (χ0v) is 9.47. The number of aryl methyl sites for hydroxylation is 1. The fourth-order valence-corrected chi connectivity index (χ4v) is 1.46. The number of nitrogen functional groups attached to an aromatic ring is 1. The molecular formula is C13H13N3O. The molecule has 1 amide bonds. The highest BCUT2D eigenvalue weighted by atomic mass is 16.1. The summed E-state index contributed by atoms with van der Waals surface area (Å²) in [6.07, 6.45) is 1.66. The van der Waals surface area contributed by atoms with E-state index < -0.39 is 0 Å². The van der Waals surface area contributed by atoms with Gasteiger partial charge in [-0.3, -0.25) is 9.78 Å². The number of hydrogen-bond donors (Lipinski definition) is 2. The number of carbonyl (C=O) groups is 1. The van der Waals surface area contributed by atoms with Gasteiger partial charge in [0.25, 0.3) is 5.91 Å². The van der Waals surface area contributed by atoms with Crippen molar-refractivity contribution >= 4 is 17.3 Å². The van der Waals surface area contributed by atoms with Gasteiger partial charge in [-0.25, -0.2) is 0 Å². The molecule has 0 atom stereocenters. The molecule has 0 aliphatic carbocycles. The number of nitrogens with two attached hydrogens (primary N) is 1. The second-order valence-electron chi connectivity index (χ2n) is 3.76. The number of nitrogens with one attached hydrogen (secondary N) is 1. The summed E-state index contributed by atoms with van der Waals surface area (Å²) < 4.78 is 0. The summed E-state index contributed by atoms with van der Waals surface area (Å²) in [7, 11) is 0. The van der Waals surface area contributed by atoms with Crippen LogP contribution in [0, 0.1) is 6.92 Å². The van der Waals surface area contributed by atoms with Crippen LogP contribution < -0.4 is 11.1 Å². The Balaban J connectivity index is 2.14. The topological polar surface area (TPSA) is 68.0 Å². The lowest BCUT2D eigenvalue weighted by molar-refractivity contribution is 0.102. The number of rotatable bonds is 2. The van der Waals surface area contributed by atoms with Crippen LogP contribution in [0.5, 0.6) is 0 Å². The van der Waals surface area contributed by atoms with Crippen molar-refractivity contribution in [1.82, 2.24) is 4.98 Å². The highest BCUT2D eigenvalue weighted by Crippen LogP contribution is 2.11. The molecule has 0 unspecified atom stereocenters. The zero-order chi connectivity index (χ0) is 12.3. The molecule has 0 spiro atoms. The van der Waals surface area contributed by atoms with Gasteiger partial charge >= 0.3 is 0 Å². The Labute approximate surface area is 99.5 Å². The van der Waals surface area contributed by atoms with Crippen molar-refractivity contribution in [2.45, 2.75) is 6.92 Å². The minimum atomic E-state index is -0.157. The summed E-state index contributed by atoms with van der Waals surface area (Å²) in [5, 5.41) is 2.80. The number of anilines is 2. The predicted molar refractivity (Wildman–Crippen MR) is 67.8 cm³/mol. The molecule has 4 nitrogen and oxygen atoms in total. The van der Waals surface area contributed by atoms with Gasteiger partial charge < -0.3 is 11.1 Å². The lowest BCUT2D eigenvalue weighted by atomic mass is 10.2. The average molecular weight is 227 g/mol. The third kappa shape index (κ3) is 2.81. The van der Waals surface area contributed by atoms with E-state index in [1.165, 1.54) is 0 Å². The van der Waals surface area contributed by atoms with E-state index in [-0.39, 0.29) is 5.91 Å². The molecule has 0 radical (unpaired) electrons. The fraction of sp³-hybridized carbons (Fsp3) is 0.0769. The lowest BCUT2D eigenvalue weighted by Gasteiger charge is -2.05. The van der Waals surface area contributed by atoms with Crippen LogP contribution in [0.4, 0.5) is 11.4 Å². The van der Waals surface area contributed by atoms with Crippen LogP contribution in [0.1, 0.15) is 16.1 Å². The maximum absolute atomic E-state index is 11.9. The molecule has 17 heavy (non-hydrogen) atoms. The van der Waals surface area contributed by atoms with Crippen molar-refractivity contribution in [3.63, 3.8) is 0 Å². The van der Waals surface area contributed by atoms with Crippen LogP contribution in [-0.4, -0.2) is 10.9 Å². The number of amides is 1. The number of aromatic nitrogens is 1. The van der Waals surface area contributed by atoms with E-state index in [1.807, 2.05) is 13.0 Å². The van der Waals surface area contributed by atoms with Crippen molar-refractivity contribution in [3.8, 4) is 0 Å². The molecule has 1 aromatic carbocycles. The van der Waals surface area contributed by atoms with Gasteiger partial charge in [0.05, 0.1) is 0 Å². The van der Waals surface area contributed by atoms with Gasteiger partial charge in [0, 0.05) is 28.8 Å². The number of nitrogens with zero attached hydrogens (tertiary/aromatic N) is 1. The highest BCUT2D eigenvalue weighted by molar-refractivity contribution is 6.04. The fourth-order valence-electron chi connectivity index (χ4n) is 1.46. The SMILES string of the molecule is Cc1cc(NC(=O)c2ccc(N)cc2)ccn1. The summed E-state index contributed by atoms with van der Waals surface area (Å²) >= 11 is 0. The molecule has 0 bridgehead atoms. The van der Waals surface area contributed by atoms with Crippen molar-refractivity contribution in [2.75, 3.05) is 11.1 Å². The van der Waals surface area contributed by atoms with E-state index in [0.717, 1.165) is 11.4 Å². The van der Waals surface area contributed by atoms with E-state index in [2.05, 4.69) is 10.3 Å². The largest absolute Gasteiger partial charge is 0.399 e. The molecule has 2 rings (SSSR count). The standard InChI is InChI=1S/C13H13N3O/c1-9-8-12(6-7-15-9)16-13(17)10-2-4-11(14)5-3-10/h2-8H,14H2,1H3,(H,15,16,17). The summed E-state index contributed by atoms with van der Waals surface area (Å²) in [5.74, 6) is -0.157. The molecular weight excluding hydrogens is 214 g/mol. The van der Waals surface area contributed by atoms with E-state index in [0.29, 0.717) is 11.3 Å². The molecule has 2 aromatic rings. The molecule has 86 valence electrons. The van der Waals surface area contributed by atoms with E-state index in [9.17, 15) is 4.79 Å². The number of carbonyl (C=O) groups excluding carboxylic acids is 1. The number of benzene rings is 1. The Hall–Kier alpha value is -2.36. The maximum Gasteiger partial charge on any atom is 0.255 e. The Morgan fingerprint density at radius 2 is 1.94 bits per heavy atom. The van der Waals surface area contributed by atoms with E-state index in [4.69, 9.17) is 5.73 Å². The van der Waals surface area contributed by atoms with Gasteiger partial charge in [0.2, 0.25) is 0 Å². The van der Waals surface area contributed by atoms with Gasteiger partial charge in [-0.15, -0.1) is 0 Å². The van der Waals surface area contributed by atoms with Crippen molar-refractivity contribution in [1.29, 1.82) is 0 Å². The average Bonchev–Trinajstić information content (AvgIpc) is 2.29. The van der Waals surface area contributed by atoms with E-state index in [1.54, 1.807) is 36.5 Å². The molecule has 0 aliphatic rings. The maximum atomic E-state index is 11.9. The number of hydrogen-bond acceptors (Lipinski definition) is 3. The van der Waals surface area contributed by atoms with Crippen molar-refractivity contribution in [2.24, 2.45) is 0 Å². The van der Waals surface area contributed by atoms with E-state index >= 15 is 0 Å². The van der Waals surface area contributed by atoms with Gasteiger partial charge in [-0.05, 0) is 43.3 Å². The van der Waals surface area contributed by atoms with Crippen molar-refractivity contribution < 1.29 is 4.79 Å². The summed E-state index contributed by atoms with van der Waals surface area (Å²) in [5.41, 5.74) is 8.37. The molecule has 1 aromatic heterocycles. The Bertz CT molecular complexity index is 535. The van der Waals surface area contributed by atoms with Crippen LogP contribution in [0.15, 0.2) is 42.6 Å². The van der Waals surface area contributed by atoms with Gasteiger partial charge in [-0.2, -0.15) is 0 Å². The normalized spacial score (nSPS) is 9.94.